The summed E-state index contributed by atoms with van der Waals surface area (Å²) >= 11 is 5.32. The highest BCUT2D eigenvalue weighted by molar-refractivity contribution is 9.10. The normalized spacial score (nSPS) is 15.8. The molecule has 0 aliphatic carbocycles. The number of pyridine rings is 1. The number of aromatic nitrogens is 1. The zero-order valence-corrected chi connectivity index (χ0v) is 12.0. The number of nitrogens with zero attached hydrogens (tertiary/aromatic N) is 2. The van der Waals surface area contributed by atoms with Gasteiger partial charge >= 0.3 is 0 Å². The quantitative estimate of drug-likeness (QED) is 0.850. The topological polar surface area (TPSA) is 25.4 Å². The molecule has 3 nitrogen and oxygen atoms in total. The van der Waals surface area contributed by atoms with Crippen LogP contribution in [0, 0.1) is 0 Å². The van der Waals surface area contributed by atoms with Crippen molar-refractivity contribution in [1.29, 1.82) is 0 Å². The van der Waals surface area contributed by atoms with Crippen molar-refractivity contribution in [1.82, 2.24) is 9.88 Å². The second-order valence-corrected chi connectivity index (χ2v) is 5.31. The fraction of sp³-hybridized carbons (Fsp3) is 0.500. The summed E-state index contributed by atoms with van der Waals surface area (Å²) in [4.78, 5) is 6.54. The lowest BCUT2D eigenvalue weighted by Crippen LogP contribution is -2.25. The lowest BCUT2D eigenvalue weighted by Gasteiger charge is -2.13. The van der Waals surface area contributed by atoms with Crippen LogP contribution in [-0.2, 0) is 0 Å². The summed E-state index contributed by atoms with van der Waals surface area (Å²) in [5.41, 5.74) is 0. The van der Waals surface area contributed by atoms with E-state index in [9.17, 15) is 0 Å². The first-order chi connectivity index (χ1) is 7.34. The maximum absolute atomic E-state index is 5.54. The third-order valence-corrected chi connectivity index (χ3v) is 3.67. The number of halogens is 2. The van der Waals surface area contributed by atoms with Gasteiger partial charge in [-0.05, 0) is 22.0 Å². The van der Waals surface area contributed by atoms with Crippen LogP contribution < -0.4 is 4.74 Å². The van der Waals surface area contributed by atoms with Gasteiger partial charge in [-0.1, -0.05) is 0 Å². The van der Waals surface area contributed by atoms with Crippen LogP contribution in [-0.4, -0.2) is 41.2 Å². The molecule has 16 heavy (non-hydrogen) atoms. The van der Waals surface area contributed by atoms with Crippen molar-refractivity contribution in [3.8, 4) is 5.88 Å². The highest BCUT2D eigenvalue weighted by Crippen LogP contribution is 2.14. The molecule has 0 unspecified atom stereocenters. The van der Waals surface area contributed by atoms with E-state index in [1.165, 1.54) is 12.3 Å². The largest absolute Gasteiger partial charge is 0.476 e. The molecule has 0 spiro atoms. The summed E-state index contributed by atoms with van der Waals surface area (Å²) in [6.07, 6.45) is 1.75. The van der Waals surface area contributed by atoms with Crippen LogP contribution in [0.15, 0.2) is 22.8 Å². The maximum Gasteiger partial charge on any atom is 0.213 e. The van der Waals surface area contributed by atoms with E-state index >= 15 is 0 Å². The third kappa shape index (κ3) is 4.49. The van der Waals surface area contributed by atoms with Gasteiger partial charge in [0, 0.05) is 41.5 Å². The van der Waals surface area contributed by atoms with Gasteiger partial charge in [-0.15, -0.1) is 24.2 Å². The summed E-state index contributed by atoms with van der Waals surface area (Å²) in [5, 5.41) is 0. The molecule has 0 radical (unpaired) electrons. The minimum atomic E-state index is 0. The molecule has 0 N–H and O–H groups in total. The van der Waals surface area contributed by atoms with Crippen LogP contribution in [0.5, 0.6) is 5.88 Å². The molecular formula is C10H14BrClN2OS. The zero-order chi connectivity index (χ0) is 10.5. The van der Waals surface area contributed by atoms with E-state index in [-0.39, 0.29) is 12.4 Å². The molecule has 0 amide bonds. The fourth-order valence-corrected chi connectivity index (χ4v) is 2.62. The molecule has 1 aliphatic rings. The van der Waals surface area contributed by atoms with Crippen LogP contribution in [0.2, 0.25) is 0 Å². The van der Waals surface area contributed by atoms with E-state index in [2.05, 4.69) is 25.8 Å². The third-order valence-electron chi connectivity index (χ3n) is 2.18. The lowest BCUT2D eigenvalue weighted by molar-refractivity contribution is 0.238. The van der Waals surface area contributed by atoms with Gasteiger partial charge in [-0.2, -0.15) is 0 Å². The first-order valence-electron chi connectivity index (χ1n) is 4.89. The summed E-state index contributed by atoms with van der Waals surface area (Å²) in [5.74, 6) is 3.08. The van der Waals surface area contributed by atoms with Crippen molar-refractivity contribution in [2.75, 3.05) is 31.3 Å². The Balaban J connectivity index is 0.00000128. The van der Waals surface area contributed by atoms with Crippen molar-refractivity contribution in [2.24, 2.45) is 0 Å². The lowest BCUT2D eigenvalue weighted by atomic mass is 10.5. The molecular weight excluding hydrogens is 312 g/mol. The minimum absolute atomic E-state index is 0. The van der Waals surface area contributed by atoms with Gasteiger partial charge in [0.25, 0.3) is 0 Å². The van der Waals surface area contributed by atoms with Gasteiger partial charge in [-0.3, -0.25) is 4.90 Å². The number of ether oxygens (including phenoxy) is 1. The minimum Gasteiger partial charge on any atom is -0.476 e. The Morgan fingerprint density at radius 1 is 1.50 bits per heavy atom. The predicted octanol–water partition coefficient (Wildman–Crippen LogP) is 2.65. The van der Waals surface area contributed by atoms with Crippen LogP contribution in [0.3, 0.4) is 0 Å². The average molecular weight is 326 g/mol. The molecule has 2 heterocycles. The van der Waals surface area contributed by atoms with Crippen molar-refractivity contribution in [2.45, 2.75) is 0 Å². The zero-order valence-electron chi connectivity index (χ0n) is 8.76. The Morgan fingerprint density at radius 2 is 2.38 bits per heavy atom. The Labute approximate surface area is 114 Å². The number of hydrogen-bond donors (Lipinski definition) is 0. The monoisotopic (exact) mass is 324 g/mol. The van der Waals surface area contributed by atoms with Crippen molar-refractivity contribution < 1.29 is 4.74 Å². The Morgan fingerprint density at radius 3 is 3.00 bits per heavy atom. The average Bonchev–Trinajstić information content (AvgIpc) is 2.74. The highest BCUT2D eigenvalue weighted by atomic mass is 79.9. The van der Waals surface area contributed by atoms with Gasteiger partial charge < -0.3 is 4.74 Å². The first-order valence-corrected chi connectivity index (χ1v) is 6.84. The molecule has 0 aromatic carbocycles. The Hall–Kier alpha value is 0.0300. The summed E-state index contributed by atoms with van der Waals surface area (Å²) in [6, 6.07) is 3.82. The Kier molecular flexibility index (Phi) is 6.49. The predicted molar refractivity (Wildman–Crippen MR) is 73.6 cm³/mol. The molecule has 1 fully saturated rings. The SMILES string of the molecule is Brc1ccc(OCCN2CCSC2)nc1.Cl. The fourth-order valence-electron chi connectivity index (χ4n) is 1.36. The van der Waals surface area contributed by atoms with Crippen LogP contribution >= 0.6 is 40.1 Å². The van der Waals surface area contributed by atoms with Gasteiger partial charge in [-0.25, -0.2) is 4.98 Å². The first kappa shape index (κ1) is 14.1. The summed E-state index contributed by atoms with van der Waals surface area (Å²) in [6.45, 7) is 2.89. The van der Waals surface area contributed by atoms with Crippen LogP contribution in [0.1, 0.15) is 0 Å². The molecule has 1 aliphatic heterocycles. The van der Waals surface area contributed by atoms with Gasteiger partial charge in [0.1, 0.15) is 6.61 Å². The molecule has 6 heteroatoms. The van der Waals surface area contributed by atoms with E-state index < -0.39 is 0 Å². The molecule has 1 aromatic heterocycles. The highest BCUT2D eigenvalue weighted by Gasteiger charge is 2.11. The molecule has 2 rings (SSSR count). The van der Waals surface area contributed by atoms with Crippen molar-refractivity contribution in [3.63, 3.8) is 0 Å². The van der Waals surface area contributed by atoms with Crippen molar-refractivity contribution in [3.05, 3.63) is 22.8 Å². The summed E-state index contributed by atoms with van der Waals surface area (Å²) < 4.78 is 6.52. The molecule has 0 atom stereocenters. The van der Waals surface area contributed by atoms with Crippen molar-refractivity contribution >= 4 is 40.1 Å². The number of rotatable bonds is 4. The van der Waals surface area contributed by atoms with E-state index in [4.69, 9.17) is 4.74 Å². The molecule has 90 valence electrons. The van der Waals surface area contributed by atoms with Crippen LogP contribution in [0.25, 0.3) is 0 Å². The second kappa shape index (κ2) is 7.37. The molecule has 1 aromatic rings. The van der Waals surface area contributed by atoms with E-state index in [0.29, 0.717) is 5.88 Å². The van der Waals surface area contributed by atoms with Crippen LogP contribution in [0.4, 0.5) is 0 Å². The van der Waals surface area contributed by atoms with Gasteiger partial charge in [0.05, 0.1) is 0 Å². The van der Waals surface area contributed by atoms with Gasteiger partial charge in [0.2, 0.25) is 5.88 Å². The Bertz CT molecular complexity index is 306. The van der Waals surface area contributed by atoms with E-state index in [1.807, 2.05) is 23.9 Å². The standard InChI is InChI=1S/C10H13BrN2OS.ClH/c11-9-1-2-10(12-7-9)14-5-3-13-4-6-15-8-13;/h1-2,7H,3-6,8H2;1H. The second-order valence-electron chi connectivity index (χ2n) is 3.32. The van der Waals surface area contributed by atoms with E-state index in [1.54, 1.807) is 6.20 Å². The molecule has 0 saturated carbocycles. The maximum atomic E-state index is 5.54. The van der Waals surface area contributed by atoms with E-state index in [0.717, 1.165) is 23.5 Å². The summed E-state index contributed by atoms with van der Waals surface area (Å²) in [7, 11) is 0. The molecule has 1 saturated heterocycles. The number of hydrogen-bond acceptors (Lipinski definition) is 4. The smallest absolute Gasteiger partial charge is 0.213 e. The number of thioether (sulfide) groups is 1. The molecule has 0 bridgehead atoms. The van der Waals surface area contributed by atoms with Gasteiger partial charge in [0.15, 0.2) is 0 Å².